The predicted molar refractivity (Wildman–Crippen MR) is 128 cm³/mol. The van der Waals surface area contributed by atoms with Crippen LogP contribution in [0.3, 0.4) is 0 Å². The Labute approximate surface area is 188 Å². The standard InChI is InChI=1S/C25H30N6O/c1-17-5-6-24-20(8-17)12-26-25(29-24)28-22-10-18(14-31-7-3-4-23(32)16-31)9-19(11-22)21-13-27-30(2)15-21/h5-6,8-13,21,23,32H,3-4,7,14-16H2,1-2H3,(H,26,28,29). The molecule has 1 fully saturated rings. The monoisotopic (exact) mass is 430 g/mol. The lowest BCUT2D eigenvalue weighted by Crippen LogP contribution is -2.37. The fourth-order valence-corrected chi connectivity index (χ4v) is 4.64. The number of nitrogens with zero attached hydrogens (tertiary/aromatic N) is 5. The average molecular weight is 431 g/mol. The number of likely N-dealkylation sites (N-methyl/N-ethyl adjacent to an activating group) is 1. The number of anilines is 2. The molecule has 7 nitrogen and oxygen atoms in total. The number of fused-ring (bicyclic) bond motifs is 1. The number of aliphatic hydroxyl groups excluding tert-OH is 1. The third-order valence-electron chi connectivity index (χ3n) is 6.23. The molecule has 32 heavy (non-hydrogen) atoms. The van der Waals surface area contributed by atoms with Gasteiger partial charge in [0.2, 0.25) is 5.95 Å². The third-order valence-corrected chi connectivity index (χ3v) is 6.23. The van der Waals surface area contributed by atoms with Crippen molar-refractivity contribution in [2.24, 2.45) is 5.10 Å². The van der Waals surface area contributed by atoms with Gasteiger partial charge in [-0.1, -0.05) is 17.7 Å². The van der Waals surface area contributed by atoms with Crippen molar-refractivity contribution in [1.82, 2.24) is 19.9 Å². The topological polar surface area (TPSA) is 76.9 Å². The van der Waals surface area contributed by atoms with E-state index in [-0.39, 0.29) is 12.0 Å². The van der Waals surface area contributed by atoms with E-state index in [2.05, 4.69) is 57.6 Å². The number of β-amino-alcohol motifs (C(OH)–C–C–N with tert-alkyl or cyclic N) is 1. The van der Waals surface area contributed by atoms with Crippen LogP contribution >= 0.6 is 0 Å². The zero-order chi connectivity index (χ0) is 22.1. The van der Waals surface area contributed by atoms with E-state index in [1.165, 1.54) is 16.7 Å². The molecule has 2 unspecified atom stereocenters. The van der Waals surface area contributed by atoms with E-state index in [1.807, 2.05) is 30.5 Å². The summed E-state index contributed by atoms with van der Waals surface area (Å²) in [5.74, 6) is 0.850. The van der Waals surface area contributed by atoms with Crippen LogP contribution in [-0.4, -0.2) is 64.0 Å². The minimum atomic E-state index is -0.227. The van der Waals surface area contributed by atoms with Gasteiger partial charge in [-0.15, -0.1) is 0 Å². The Morgan fingerprint density at radius 3 is 2.88 bits per heavy atom. The number of likely N-dealkylation sites (tertiary alicyclic amines) is 1. The second-order valence-corrected chi connectivity index (χ2v) is 9.09. The number of piperidine rings is 1. The average Bonchev–Trinajstić information content (AvgIpc) is 3.20. The molecule has 0 aliphatic carbocycles. The molecule has 0 amide bonds. The molecule has 0 saturated carbocycles. The summed E-state index contributed by atoms with van der Waals surface area (Å²) in [4.78, 5) is 11.6. The first kappa shape index (κ1) is 20.8. The Hall–Kier alpha value is -3.03. The number of aliphatic hydroxyl groups is 1. The number of nitrogens with one attached hydrogen (secondary N) is 1. The van der Waals surface area contributed by atoms with E-state index in [0.29, 0.717) is 5.95 Å². The summed E-state index contributed by atoms with van der Waals surface area (Å²) in [7, 11) is 2.00. The van der Waals surface area contributed by atoms with Crippen molar-refractivity contribution in [3.8, 4) is 0 Å². The maximum absolute atomic E-state index is 10.1. The van der Waals surface area contributed by atoms with Crippen LogP contribution in [0, 0.1) is 6.92 Å². The minimum absolute atomic E-state index is 0.227. The fourth-order valence-electron chi connectivity index (χ4n) is 4.64. The van der Waals surface area contributed by atoms with Gasteiger partial charge >= 0.3 is 0 Å². The predicted octanol–water partition coefficient (Wildman–Crippen LogP) is 3.65. The zero-order valence-electron chi connectivity index (χ0n) is 18.7. The van der Waals surface area contributed by atoms with E-state index in [4.69, 9.17) is 4.98 Å². The Bertz CT molecular complexity index is 1150. The second-order valence-electron chi connectivity index (χ2n) is 9.09. The van der Waals surface area contributed by atoms with Crippen molar-refractivity contribution in [3.05, 3.63) is 59.3 Å². The maximum atomic E-state index is 10.1. The van der Waals surface area contributed by atoms with Gasteiger partial charge in [0.15, 0.2) is 0 Å². The first-order valence-corrected chi connectivity index (χ1v) is 11.3. The highest BCUT2D eigenvalue weighted by atomic mass is 16.3. The number of hydrazone groups is 1. The summed E-state index contributed by atoms with van der Waals surface area (Å²) >= 11 is 0. The molecule has 2 atom stereocenters. The largest absolute Gasteiger partial charge is 0.392 e. The normalized spacial score (nSPS) is 21.4. The van der Waals surface area contributed by atoms with Gasteiger partial charge in [-0.25, -0.2) is 9.97 Å². The SMILES string of the molecule is Cc1ccc2nc(Nc3cc(CN4CCCC(O)C4)cc(C4C=NN(C)C4)c3)ncc2c1. The number of hydrogen-bond acceptors (Lipinski definition) is 7. The number of aromatic nitrogens is 2. The van der Waals surface area contributed by atoms with Crippen LogP contribution in [0.15, 0.2) is 47.7 Å². The van der Waals surface area contributed by atoms with Gasteiger partial charge in [0.25, 0.3) is 0 Å². The maximum Gasteiger partial charge on any atom is 0.227 e. The van der Waals surface area contributed by atoms with Gasteiger partial charge in [0.1, 0.15) is 0 Å². The van der Waals surface area contributed by atoms with E-state index in [9.17, 15) is 5.11 Å². The molecule has 2 aromatic carbocycles. The Kier molecular flexibility index (Phi) is 5.76. The molecule has 1 saturated heterocycles. The summed E-state index contributed by atoms with van der Waals surface area (Å²) < 4.78 is 0. The van der Waals surface area contributed by atoms with Crippen LogP contribution in [0.2, 0.25) is 0 Å². The van der Waals surface area contributed by atoms with Crippen molar-refractivity contribution < 1.29 is 5.11 Å². The molecule has 3 heterocycles. The molecule has 0 spiro atoms. The number of aryl methyl sites for hydroxylation is 1. The van der Waals surface area contributed by atoms with Crippen LogP contribution < -0.4 is 5.32 Å². The lowest BCUT2D eigenvalue weighted by atomic mass is 9.97. The van der Waals surface area contributed by atoms with Crippen molar-refractivity contribution in [2.45, 2.75) is 38.3 Å². The van der Waals surface area contributed by atoms with Crippen molar-refractivity contribution in [2.75, 3.05) is 32.0 Å². The number of rotatable bonds is 5. The van der Waals surface area contributed by atoms with Crippen LogP contribution in [0.25, 0.3) is 10.9 Å². The summed E-state index contributed by atoms with van der Waals surface area (Å²) in [6, 6.07) is 12.8. The lowest BCUT2D eigenvalue weighted by Gasteiger charge is -2.30. The van der Waals surface area contributed by atoms with Crippen molar-refractivity contribution in [1.29, 1.82) is 0 Å². The smallest absolute Gasteiger partial charge is 0.227 e. The highest BCUT2D eigenvalue weighted by molar-refractivity contribution is 5.80. The summed E-state index contributed by atoms with van der Waals surface area (Å²) in [6.45, 7) is 5.51. The number of benzene rings is 2. The number of hydrogen-bond donors (Lipinski definition) is 2. The van der Waals surface area contributed by atoms with E-state index in [0.717, 1.165) is 55.6 Å². The Morgan fingerprint density at radius 1 is 1.16 bits per heavy atom. The molecule has 0 radical (unpaired) electrons. The van der Waals surface area contributed by atoms with Crippen LogP contribution in [-0.2, 0) is 6.54 Å². The molecular weight excluding hydrogens is 400 g/mol. The van der Waals surface area contributed by atoms with E-state index >= 15 is 0 Å². The van der Waals surface area contributed by atoms with Crippen molar-refractivity contribution >= 4 is 28.8 Å². The van der Waals surface area contributed by atoms with Gasteiger partial charge in [0.05, 0.1) is 11.6 Å². The fraction of sp³-hybridized carbons (Fsp3) is 0.400. The second kappa shape index (κ2) is 8.84. The van der Waals surface area contributed by atoms with Gasteiger partial charge in [-0.2, -0.15) is 5.10 Å². The molecule has 2 N–H and O–H groups in total. The lowest BCUT2D eigenvalue weighted by molar-refractivity contribution is 0.0668. The van der Waals surface area contributed by atoms with Crippen LogP contribution in [0.4, 0.5) is 11.6 Å². The molecule has 5 rings (SSSR count). The molecule has 166 valence electrons. The molecule has 2 aliphatic rings. The first-order chi connectivity index (χ1) is 15.5. The quantitative estimate of drug-likeness (QED) is 0.643. The molecule has 1 aromatic heterocycles. The summed E-state index contributed by atoms with van der Waals surface area (Å²) in [6.07, 6.45) is 5.59. The third kappa shape index (κ3) is 4.74. The van der Waals surface area contributed by atoms with Crippen LogP contribution in [0.1, 0.15) is 35.4 Å². The van der Waals surface area contributed by atoms with Gasteiger partial charge in [-0.05, 0) is 61.7 Å². The highest BCUT2D eigenvalue weighted by Crippen LogP contribution is 2.27. The molecular formula is C25H30N6O. The Balaban J connectivity index is 1.43. The van der Waals surface area contributed by atoms with Gasteiger partial charge < -0.3 is 10.4 Å². The molecule has 7 heteroatoms. The summed E-state index contributed by atoms with van der Waals surface area (Å²) in [5.41, 5.74) is 5.55. The van der Waals surface area contributed by atoms with Crippen molar-refractivity contribution in [3.63, 3.8) is 0 Å². The Morgan fingerprint density at radius 2 is 2.06 bits per heavy atom. The molecule has 2 aliphatic heterocycles. The van der Waals surface area contributed by atoms with Crippen LogP contribution in [0.5, 0.6) is 0 Å². The van der Waals surface area contributed by atoms with E-state index in [1.54, 1.807) is 0 Å². The molecule has 0 bridgehead atoms. The van der Waals surface area contributed by atoms with E-state index < -0.39 is 0 Å². The first-order valence-electron chi connectivity index (χ1n) is 11.3. The van der Waals surface area contributed by atoms with Gasteiger partial charge in [0, 0.05) is 56.1 Å². The molecule has 3 aromatic rings. The summed E-state index contributed by atoms with van der Waals surface area (Å²) in [5, 5.41) is 20.9. The van der Waals surface area contributed by atoms with Gasteiger partial charge in [-0.3, -0.25) is 9.91 Å². The highest BCUT2D eigenvalue weighted by Gasteiger charge is 2.21. The minimum Gasteiger partial charge on any atom is -0.392 e. The zero-order valence-corrected chi connectivity index (χ0v) is 18.7.